The second-order valence-corrected chi connectivity index (χ2v) is 8.26. The smallest absolute Gasteiger partial charge is 0.359 e. The van der Waals surface area contributed by atoms with Crippen LogP contribution >= 0.6 is 0 Å². The van der Waals surface area contributed by atoms with E-state index in [-0.39, 0.29) is 17.1 Å². The molecule has 0 atom stereocenters. The maximum Gasteiger partial charge on any atom is 0.359 e. The van der Waals surface area contributed by atoms with Gasteiger partial charge in [0.1, 0.15) is 5.60 Å². The molecule has 1 amide bonds. The van der Waals surface area contributed by atoms with Crippen molar-refractivity contribution < 1.29 is 23.1 Å². The monoisotopic (exact) mass is 442 g/mol. The Hall–Kier alpha value is -3.75. The number of imidazole rings is 1. The molecule has 0 radical (unpaired) electrons. The van der Waals surface area contributed by atoms with Crippen molar-refractivity contribution in [1.29, 1.82) is 0 Å². The Labute approximate surface area is 184 Å². The molecule has 0 bridgehead atoms. The summed E-state index contributed by atoms with van der Waals surface area (Å²) >= 11 is 0. The first-order valence-corrected chi connectivity index (χ1v) is 9.83. The third-order valence-electron chi connectivity index (χ3n) is 4.28. The minimum atomic E-state index is -1.16. The number of hydrogen-bond donors (Lipinski definition) is 1. The van der Waals surface area contributed by atoms with E-state index in [0.717, 1.165) is 18.2 Å². The summed E-state index contributed by atoms with van der Waals surface area (Å²) in [6.45, 7) is 5.17. The van der Waals surface area contributed by atoms with Crippen LogP contribution in [0.5, 0.6) is 0 Å². The SMILES string of the molecule is CN(C)c1nc(NC(=O)c2ccc(F)c(F)c2)c(C(=O)OC(C)(C)C)n1-c1ccccc1. The lowest BCUT2D eigenvalue weighted by atomic mass is 10.2. The summed E-state index contributed by atoms with van der Waals surface area (Å²) in [7, 11) is 3.48. The Morgan fingerprint density at radius 1 is 1.03 bits per heavy atom. The average Bonchev–Trinajstić information content (AvgIpc) is 3.09. The van der Waals surface area contributed by atoms with Crippen LogP contribution in [-0.2, 0) is 4.74 Å². The fourth-order valence-corrected chi connectivity index (χ4v) is 2.95. The van der Waals surface area contributed by atoms with Crippen molar-refractivity contribution in [2.45, 2.75) is 26.4 Å². The van der Waals surface area contributed by atoms with E-state index in [4.69, 9.17) is 4.74 Å². The topological polar surface area (TPSA) is 76.5 Å². The molecule has 9 heteroatoms. The van der Waals surface area contributed by atoms with Crippen LogP contribution in [0, 0.1) is 11.6 Å². The number of anilines is 2. The lowest BCUT2D eigenvalue weighted by Crippen LogP contribution is -2.27. The summed E-state index contributed by atoms with van der Waals surface area (Å²) in [6.07, 6.45) is 0. The van der Waals surface area contributed by atoms with E-state index in [0.29, 0.717) is 11.6 Å². The molecule has 0 saturated carbocycles. The van der Waals surface area contributed by atoms with Crippen molar-refractivity contribution in [2.75, 3.05) is 24.3 Å². The lowest BCUT2D eigenvalue weighted by Gasteiger charge is -2.21. The van der Waals surface area contributed by atoms with E-state index in [9.17, 15) is 18.4 Å². The molecule has 0 unspecified atom stereocenters. The number of aromatic nitrogens is 2. The first-order valence-electron chi connectivity index (χ1n) is 9.83. The van der Waals surface area contributed by atoms with Crippen LogP contribution in [0.15, 0.2) is 48.5 Å². The zero-order valence-corrected chi connectivity index (χ0v) is 18.4. The van der Waals surface area contributed by atoms with Crippen molar-refractivity contribution >= 4 is 23.6 Å². The van der Waals surface area contributed by atoms with E-state index < -0.39 is 29.1 Å². The number of nitrogens with one attached hydrogen (secondary N) is 1. The molecule has 0 fully saturated rings. The maximum absolute atomic E-state index is 13.6. The number of amides is 1. The van der Waals surface area contributed by atoms with Gasteiger partial charge in [0.15, 0.2) is 23.1 Å². The van der Waals surface area contributed by atoms with Gasteiger partial charge in [-0.2, -0.15) is 4.98 Å². The van der Waals surface area contributed by atoms with Crippen LogP contribution < -0.4 is 10.2 Å². The van der Waals surface area contributed by atoms with E-state index in [2.05, 4.69) is 10.3 Å². The molecule has 2 aromatic carbocycles. The van der Waals surface area contributed by atoms with Gasteiger partial charge in [-0.3, -0.25) is 9.36 Å². The van der Waals surface area contributed by atoms with E-state index >= 15 is 0 Å². The molecule has 1 N–H and O–H groups in total. The molecule has 0 aliphatic rings. The quantitative estimate of drug-likeness (QED) is 0.592. The van der Waals surface area contributed by atoms with Gasteiger partial charge in [-0.15, -0.1) is 0 Å². The van der Waals surface area contributed by atoms with E-state index in [1.807, 2.05) is 6.07 Å². The number of benzene rings is 2. The Kier molecular flexibility index (Phi) is 6.29. The van der Waals surface area contributed by atoms with Crippen molar-refractivity contribution in [3.63, 3.8) is 0 Å². The zero-order chi connectivity index (χ0) is 23.6. The highest BCUT2D eigenvalue weighted by Crippen LogP contribution is 2.29. The summed E-state index contributed by atoms with van der Waals surface area (Å²) in [6, 6.07) is 11.8. The first-order chi connectivity index (χ1) is 15.0. The molecule has 0 aliphatic heterocycles. The van der Waals surface area contributed by atoms with Gasteiger partial charge >= 0.3 is 5.97 Å². The van der Waals surface area contributed by atoms with Crippen LogP contribution in [-0.4, -0.2) is 41.1 Å². The van der Waals surface area contributed by atoms with Gasteiger partial charge in [-0.1, -0.05) is 18.2 Å². The molecule has 0 saturated heterocycles. The summed E-state index contributed by atoms with van der Waals surface area (Å²) < 4.78 is 34.0. The normalized spacial score (nSPS) is 11.2. The third-order valence-corrected chi connectivity index (χ3v) is 4.28. The molecule has 1 aromatic heterocycles. The summed E-state index contributed by atoms with van der Waals surface area (Å²) in [5, 5.41) is 2.54. The highest BCUT2D eigenvalue weighted by atomic mass is 19.2. The Balaban J connectivity index is 2.15. The van der Waals surface area contributed by atoms with Gasteiger partial charge in [-0.25, -0.2) is 13.6 Å². The van der Waals surface area contributed by atoms with E-state index in [1.165, 1.54) is 0 Å². The standard InChI is InChI=1S/C23H24F2N4O3/c1-23(2,3)32-21(31)18-19(26-20(30)14-11-12-16(24)17(25)13-14)27-22(28(4)5)29(18)15-9-7-6-8-10-15/h6-13H,1-5H3,(H,26,30). The minimum Gasteiger partial charge on any atom is -0.455 e. The lowest BCUT2D eigenvalue weighted by molar-refractivity contribution is 0.00619. The molecule has 1 heterocycles. The van der Waals surface area contributed by atoms with Gasteiger partial charge in [-0.05, 0) is 51.1 Å². The fourth-order valence-electron chi connectivity index (χ4n) is 2.95. The van der Waals surface area contributed by atoms with Crippen molar-refractivity contribution in [2.24, 2.45) is 0 Å². The van der Waals surface area contributed by atoms with Crippen molar-refractivity contribution in [3.8, 4) is 5.69 Å². The minimum absolute atomic E-state index is 0.00856. The van der Waals surface area contributed by atoms with Crippen molar-refractivity contribution in [3.05, 3.63) is 71.4 Å². The number of rotatable bonds is 5. The number of carbonyl (C=O) groups is 2. The number of ether oxygens (including phenoxy) is 1. The van der Waals surface area contributed by atoms with Crippen LogP contribution in [0.4, 0.5) is 20.5 Å². The van der Waals surface area contributed by atoms with Crippen LogP contribution in [0.3, 0.4) is 0 Å². The second kappa shape index (κ2) is 8.78. The highest BCUT2D eigenvalue weighted by molar-refractivity contribution is 6.07. The number of halogens is 2. The predicted octanol–water partition coefficient (Wildman–Crippen LogP) is 4.42. The summed E-state index contributed by atoms with van der Waals surface area (Å²) in [4.78, 5) is 32.0. The van der Waals surface area contributed by atoms with Crippen molar-refractivity contribution in [1.82, 2.24) is 9.55 Å². The Bertz CT molecular complexity index is 1150. The molecule has 32 heavy (non-hydrogen) atoms. The molecular formula is C23H24F2N4O3. The molecule has 3 aromatic rings. The van der Waals surface area contributed by atoms with Crippen LogP contribution in [0.2, 0.25) is 0 Å². The Morgan fingerprint density at radius 2 is 1.69 bits per heavy atom. The van der Waals surface area contributed by atoms with Gasteiger partial charge in [0.25, 0.3) is 5.91 Å². The fraction of sp³-hybridized carbons (Fsp3) is 0.261. The molecule has 7 nitrogen and oxygen atoms in total. The number of carbonyl (C=O) groups excluding carboxylic acids is 2. The molecule has 3 rings (SSSR count). The third kappa shape index (κ3) is 4.93. The van der Waals surface area contributed by atoms with Crippen LogP contribution in [0.1, 0.15) is 41.6 Å². The van der Waals surface area contributed by atoms with Gasteiger partial charge < -0.3 is 15.0 Å². The van der Waals surface area contributed by atoms with Gasteiger partial charge in [0.05, 0.1) is 0 Å². The van der Waals surface area contributed by atoms with Crippen LogP contribution in [0.25, 0.3) is 5.69 Å². The summed E-state index contributed by atoms with van der Waals surface area (Å²) in [5.41, 5.74) is -0.314. The average molecular weight is 442 g/mol. The molecular weight excluding hydrogens is 418 g/mol. The molecule has 0 spiro atoms. The molecule has 0 aliphatic carbocycles. The van der Waals surface area contributed by atoms with E-state index in [1.54, 1.807) is 68.6 Å². The Morgan fingerprint density at radius 3 is 2.25 bits per heavy atom. The highest BCUT2D eigenvalue weighted by Gasteiger charge is 2.30. The molecule has 168 valence electrons. The number of hydrogen-bond acceptors (Lipinski definition) is 5. The number of esters is 1. The summed E-state index contributed by atoms with van der Waals surface area (Å²) in [5.74, 6) is -3.40. The largest absolute Gasteiger partial charge is 0.455 e. The maximum atomic E-state index is 13.6. The van der Waals surface area contributed by atoms with Gasteiger partial charge in [0, 0.05) is 25.3 Å². The van der Waals surface area contributed by atoms with Gasteiger partial charge in [0.2, 0.25) is 5.95 Å². The number of para-hydroxylation sites is 1. The number of nitrogens with zero attached hydrogens (tertiary/aromatic N) is 3. The second-order valence-electron chi connectivity index (χ2n) is 8.26. The zero-order valence-electron chi connectivity index (χ0n) is 18.4. The predicted molar refractivity (Wildman–Crippen MR) is 117 cm³/mol. The first kappa shape index (κ1) is 22.9.